The Hall–Kier alpha value is -3.26. The molecule has 4 rings (SSSR count). The quantitative estimate of drug-likeness (QED) is 0.515. The maximum absolute atomic E-state index is 11.9. The van der Waals surface area contributed by atoms with Crippen LogP contribution in [0.25, 0.3) is 16.9 Å². The number of carbonyl (C=O) groups excluding carboxylic acids is 1. The number of hydrogen-bond acceptors (Lipinski definition) is 6. The van der Waals surface area contributed by atoms with Crippen LogP contribution in [0.15, 0.2) is 53.4 Å². The first kappa shape index (κ1) is 18.1. The van der Waals surface area contributed by atoms with Crippen molar-refractivity contribution in [3.8, 4) is 11.3 Å². The fourth-order valence-corrected chi connectivity index (χ4v) is 2.95. The SMILES string of the molecule is O=C(CCc1cc(Cl)no1)NCCc1cc2nc(-c3ccncc3)ccn2n1. The molecule has 9 heteroatoms. The summed E-state index contributed by atoms with van der Waals surface area (Å²) in [6.07, 6.45) is 6.75. The Balaban J connectivity index is 1.31. The minimum absolute atomic E-state index is 0.0608. The summed E-state index contributed by atoms with van der Waals surface area (Å²) in [5.41, 5.74) is 3.49. The van der Waals surface area contributed by atoms with Gasteiger partial charge in [-0.05, 0) is 18.2 Å². The molecule has 4 heterocycles. The van der Waals surface area contributed by atoms with Gasteiger partial charge in [-0.1, -0.05) is 16.8 Å². The summed E-state index contributed by atoms with van der Waals surface area (Å²) in [5, 5.41) is 11.2. The molecular formula is C19H17ClN6O2. The zero-order chi connectivity index (χ0) is 19.3. The lowest BCUT2D eigenvalue weighted by atomic mass is 10.2. The first-order valence-corrected chi connectivity index (χ1v) is 9.19. The number of nitrogens with zero attached hydrogens (tertiary/aromatic N) is 5. The van der Waals surface area contributed by atoms with E-state index in [2.05, 4.69) is 25.5 Å². The van der Waals surface area contributed by atoms with Gasteiger partial charge in [-0.15, -0.1) is 0 Å². The number of aryl methyl sites for hydroxylation is 1. The highest BCUT2D eigenvalue weighted by atomic mass is 35.5. The van der Waals surface area contributed by atoms with Crippen molar-refractivity contribution in [1.29, 1.82) is 0 Å². The predicted molar refractivity (Wildman–Crippen MR) is 103 cm³/mol. The molecule has 0 aliphatic carbocycles. The summed E-state index contributed by atoms with van der Waals surface area (Å²) >= 11 is 5.68. The Bertz CT molecular complexity index is 1090. The van der Waals surface area contributed by atoms with Gasteiger partial charge in [0.1, 0.15) is 5.76 Å². The van der Waals surface area contributed by atoms with Gasteiger partial charge < -0.3 is 9.84 Å². The Morgan fingerprint density at radius 1 is 1.18 bits per heavy atom. The molecule has 28 heavy (non-hydrogen) atoms. The Labute approximate surface area is 165 Å². The van der Waals surface area contributed by atoms with Crippen LogP contribution in [0, 0.1) is 0 Å². The number of halogens is 1. The van der Waals surface area contributed by atoms with Crippen molar-refractivity contribution in [3.63, 3.8) is 0 Å². The average molecular weight is 397 g/mol. The molecule has 0 fully saturated rings. The number of carbonyl (C=O) groups is 1. The monoisotopic (exact) mass is 396 g/mol. The van der Waals surface area contributed by atoms with Crippen LogP contribution in [0.4, 0.5) is 0 Å². The molecule has 0 bridgehead atoms. The molecule has 4 aromatic rings. The maximum Gasteiger partial charge on any atom is 0.220 e. The minimum Gasteiger partial charge on any atom is -0.360 e. The van der Waals surface area contributed by atoms with Crippen molar-refractivity contribution in [1.82, 2.24) is 30.1 Å². The standard InChI is InChI=1S/C19H17ClN6O2/c20-17-12-15(28-25-17)1-2-19(27)22-9-5-14-11-18-23-16(6-10-26(18)24-14)13-3-7-21-8-4-13/h3-4,6-8,10-12H,1-2,5,9H2,(H,22,27). The van der Waals surface area contributed by atoms with Crippen molar-refractivity contribution in [2.75, 3.05) is 6.54 Å². The first-order valence-electron chi connectivity index (χ1n) is 8.81. The second kappa shape index (κ2) is 8.18. The third kappa shape index (κ3) is 4.34. The highest BCUT2D eigenvalue weighted by Gasteiger charge is 2.08. The highest BCUT2D eigenvalue weighted by Crippen LogP contribution is 2.17. The van der Waals surface area contributed by atoms with Gasteiger partial charge in [0.2, 0.25) is 5.91 Å². The first-order chi connectivity index (χ1) is 13.7. The van der Waals surface area contributed by atoms with Gasteiger partial charge in [0.15, 0.2) is 10.8 Å². The van der Waals surface area contributed by atoms with Crippen molar-refractivity contribution in [3.05, 3.63) is 65.5 Å². The number of hydrogen-bond donors (Lipinski definition) is 1. The summed E-state index contributed by atoms with van der Waals surface area (Å²) in [6, 6.07) is 9.28. The summed E-state index contributed by atoms with van der Waals surface area (Å²) in [6.45, 7) is 0.497. The molecule has 0 aromatic carbocycles. The van der Waals surface area contributed by atoms with E-state index in [0.29, 0.717) is 36.7 Å². The van der Waals surface area contributed by atoms with Crippen LogP contribution < -0.4 is 5.32 Å². The second-order valence-corrected chi connectivity index (χ2v) is 6.59. The molecule has 0 spiro atoms. The summed E-state index contributed by atoms with van der Waals surface area (Å²) in [7, 11) is 0. The third-order valence-electron chi connectivity index (χ3n) is 4.18. The molecule has 0 aliphatic rings. The largest absolute Gasteiger partial charge is 0.360 e. The maximum atomic E-state index is 11.9. The van der Waals surface area contributed by atoms with Crippen LogP contribution in [0.1, 0.15) is 17.9 Å². The number of amides is 1. The Morgan fingerprint density at radius 3 is 2.82 bits per heavy atom. The molecule has 0 saturated carbocycles. The molecule has 0 saturated heterocycles. The number of aromatic nitrogens is 5. The molecule has 0 radical (unpaired) electrons. The fourth-order valence-electron chi connectivity index (χ4n) is 2.80. The fraction of sp³-hybridized carbons (Fsp3) is 0.211. The van der Waals surface area contributed by atoms with Crippen molar-refractivity contribution < 1.29 is 9.32 Å². The van der Waals surface area contributed by atoms with E-state index in [1.807, 2.05) is 30.5 Å². The number of nitrogens with one attached hydrogen (secondary N) is 1. The van der Waals surface area contributed by atoms with Gasteiger partial charge in [-0.3, -0.25) is 9.78 Å². The van der Waals surface area contributed by atoms with Crippen molar-refractivity contribution in [2.24, 2.45) is 0 Å². The summed E-state index contributed by atoms with van der Waals surface area (Å²) in [4.78, 5) is 20.6. The number of rotatable bonds is 7. The minimum atomic E-state index is -0.0608. The summed E-state index contributed by atoms with van der Waals surface area (Å²) in [5.74, 6) is 0.533. The molecule has 1 amide bonds. The van der Waals surface area contributed by atoms with Gasteiger partial charge in [0.25, 0.3) is 0 Å². The lowest BCUT2D eigenvalue weighted by molar-refractivity contribution is -0.121. The molecule has 0 atom stereocenters. The summed E-state index contributed by atoms with van der Waals surface area (Å²) < 4.78 is 6.71. The highest BCUT2D eigenvalue weighted by molar-refractivity contribution is 6.29. The van der Waals surface area contributed by atoms with Gasteiger partial charge in [0.05, 0.1) is 11.4 Å². The molecule has 0 aliphatic heterocycles. The van der Waals surface area contributed by atoms with Crippen LogP contribution in [0.5, 0.6) is 0 Å². The van der Waals surface area contributed by atoms with Crippen molar-refractivity contribution in [2.45, 2.75) is 19.3 Å². The van der Waals surface area contributed by atoms with Crippen LogP contribution >= 0.6 is 11.6 Å². The van der Waals surface area contributed by atoms with Crippen LogP contribution in [0.2, 0.25) is 5.15 Å². The Morgan fingerprint density at radius 2 is 2.04 bits per heavy atom. The van der Waals surface area contributed by atoms with E-state index in [9.17, 15) is 4.79 Å². The van der Waals surface area contributed by atoms with E-state index in [4.69, 9.17) is 16.1 Å². The van der Waals surface area contributed by atoms with Crippen LogP contribution in [-0.4, -0.2) is 37.2 Å². The van der Waals surface area contributed by atoms with Crippen LogP contribution in [-0.2, 0) is 17.6 Å². The lowest BCUT2D eigenvalue weighted by Crippen LogP contribution is -2.25. The number of fused-ring (bicyclic) bond motifs is 1. The normalized spacial score (nSPS) is 11.0. The Kier molecular flexibility index (Phi) is 5.29. The molecule has 8 nitrogen and oxygen atoms in total. The van der Waals surface area contributed by atoms with E-state index < -0.39 is 0 Å². The molecule has 142 valence electrons. The van der Waals surface area contributed by atoms with Crippen LogP contribution in [0.3, 0.4) is 0 Å². The van der Waals surface area contributed by atoms with E-state index in [0.717, 1.165) is 22.6 Å². The molecule has 0 unspecified atom stereocenters. The smallest absolute Gasteiger partial charge is 0.220 e. The van der Waals surface area contributed by atoms with Gasteiger partial charge in [-0.25, -0.2) is 9.50 Å². The van der Waals surface area contributed by atoms with Gasteiger partial charge in [-0.2, -0.15) is 5.10 Å². The van der Waals surface area contributed by atoms with Crippen molar-refractivity contribution >= 4 is 23.2 Å². The van der Waals surface area contributed by atoms with Gasteiger partial charge >= 0.3 is 0 Å². The second-order valence-electron chi connectivity index (χ2n) is 6.20. The van der Waals surface area contributed by atoms with E-state index in [1.165, 1.54) is 0 Å². The zero-order valence-electron chi connectivity index (χ0n) is 14.9. The van der Waals surface area contributed by atoms with E-state index >= 15 is 0 Å². The molecule has 4 aromatic heterocycles. The van der Waals surface area contributed by atoms with E-state index in [1.54, 1.807) is 23.0 Å². The topological polar surface area (TPSA) is 98.2 Å². The van der Waals surface area contributed by atoms with Gasteiger partial charge in [0, 0.05) is 62.1 Å². The predicted octanol–water partition coefficient (Wildman–Crippen LogP) is 2.72. The third-order valence-corrected chi connectivity index (χ3v) is 4.36. The molecular weight excluding hydrogens is 380 g/mol. The van der Waals surface area contributed by atoms with E-state index in [-0.39, 0.29) is 5.91 Å². The molecule has 1 N–H and O–H groups in total. The number of pyridine rings is 1. The lowest BCUT2D eigenvalue weighted by Gasteiger charge is -2.02. The average Bonchev–Trinajstić information content (AvgIpc) is 3.32. The zero-order valence-corrected chi connectivity index (χ0v) is 15.6.